The van der Waals surface area contributed by atoms with Gasteiger partial charge in [0.15, 0.2) is 0 Å². The van der Waals surface area contributed by atoms with Crippen LogP contribution in [0.3, 0.4) is 0 Å². The first-order chi connectivity index (χ1) is 14.7. The summed E-state index contributed by atoms with van der Waals surface area (Å²) in [5.74, 6) is 1.65. The van der Waals surface area contributed by atoms with Gasteiger partial charge in [-0.3, -0.25) is 0 Å². The summed E-state index contributed by atoms with van der Waals surface area (Å²) in [6.07, 6.45) is 3.66. The van der Waals surface area contributed by atoms with Crippen molar-refractivity contribution < 1.29 is 14.2 Å². The predicted octanol–water partition coefficient (Wildman–Crippen LogP) is 5.40. The van der Waals surface area contributed by atoms with E-state index in [2.05, 4.69) is 38.7 Å². The summed E-state index contributed by atoms with van der Waals surface area (Å²) in [6, 6.07) is 14.0. The molecule has 0 atom stereocenters. The zero-order valence-electron chi connectivity index (χ0n) is 19.2. The molecular formula is C25H31N3O3. The van der Waals surface area contributed by atoms with Crippen molar-refractivity contribution >= 4 is 0 Å². The third-order valence-electron chi connectivity index (χ3n) is 5.73. The Labute approximate surface area is 184 Å². The Balaban J connectivity index is 1.84. The van der Waals surface area contributed by atoms with Crippen LogP contribution in [0.5, 0.6) is 11.6 Å². The molecule has 0 bridgehead atoms. The van der Waals surface area contributed by atoms with Gasteiger partial charge in [0.05, 0.1) is 36.8 Å². The highest BCUT2D eigenvalue weighted by molar-refractivity contribution is 5.64. The normalized spacial score (nSPS) is 18.0. The van der Waals surface area contributed by atoms with Crippen LogP contribution in [-0.2, 0) is 4.74 Å². The maximum atomic E-state index is 6.30. The Morgan fingerprint density at radius 3 is 2.29 bits per heavy atom. The predicted molar refractivity (Wildman–Crippen MR) is 121 cm³/mol. The van der Waals surface area contributed by atoms with Gasteiger partial charge in [-0.2, -0.15) is 5.10 Å². The molecule has 1 fully saturated rings. The fourth-order valence-corrected chi connectivity index (χ4v) is 4.74. The van der Waals surface area contributed by atoms with Gasteiger partial charge in [-0.05, 0) is 64.8 Å². The van der Waals surface area contributed by atoms with Crippen LogP contribution in [0.25, 0.3) is 16.9 Å². The van der Waals surface area contributed by atoms with E-state index in [0.29, 0.717) is 11.8 Å². The van der Waals surface area contributed by atoms with E-state index in [-0.39, 0.29) is 11.2 Å². The lowest BCUT2D eigenvalue weighted by Gasteiger charge is -2.45. The zero-order chi connectivity index (χ0) is 22.2. The van der Waals surface area contributed by atoms with Gasteiger partial charge in [0.2, 0.25) is 5.88 Å². The molecule has 1 aliphatic rings. The van der Waals surface area contributed by atoms with Crippen LogP contribution in [-0.4, -0.2) is 40.2 Å². The lowest BCUT2D eigenvalue weighted by atomic mass is 9.79. The number of hydrogen-bond donors (Lipinski definition) is 0. The Hall–Kier alpha value is -2.86. The lowest BCUT2D eigenvalue weighted by Crippen LogP contribution is -2.44. The monoisotopic (exact) mass is 421 g/mol. The molecule has 2 aromatic heterocycles. The first-order valence-corrected chi connectivity index (χ1v) is 10.7. The van der Waals surface area contributed by atoms with Gasteiger partial charge >= 0.3 is 0 Å². The zero-order valence-corrected chi connectivity index (χ0v) is 19.2. The molecule has 164 valence electrons. The first kappa shape index (κ1) is 21.4. The SMILES string of the molecule is COc1ccc(-c2cc(C3CC(C)(C)OC(C)(C)C3)nn2-c2ccccc2OC)cn1. The molecule has 0 spiro atoms. The lowest BCUT2D eigenvalue weighted by molar-refractivity contribution is -0.162. The summed E-state index contributed by atoms with van der Waals surface area (Å²) in [4.78, 5) is 4.40. The average molecular weight is 422 g/mol. The third kappa shape index (κ3) is 4.44. The topological polar surface area (TPSA) is 58.4 Å². The fraction of sp³-hybridized carbons (Fsp3) is 0.440. The van der Waals surface area contributed by atoms with E-state index in [9.17, 15) is 0 Å². The van der Waals surface area contributed by atoms with Crippen molar-refractivity contribution in [2.45, 2.75) is 57.7 Å². The van der Waals surface area contributed by atoms with E-state index in [4.69, 9.17) is 19.3 Å². The van der Waals surface area contributed by atoms with Crippen molar-refractivity contribution in [2.75, 3.05) is 14.2 Å². The molecule has 31 heavy (non-hydrogen) atoms. The maximum Gasteiger partial charge on any atom is 0.212 e. The van der Waals surface area contributed by atoms with E-state index in [0.717, 1.165) is 41.2 Å². The van der Waals surface area contributed by atoms with E-state index in [1.165, 1.54) is 0 Å². The minimum atomic E-state index is -0.206. The van der Waals surface area contributed by atoms with Crippen molar-refractivity contribution in [1.82, 2.24) is 14.8 Å². The number of pyridine rings is 1. The standard InChI is InChI=1S/C25H31N3O3/c1-24(2)14-18(15-25(3,4)31-24)19-13-21(17-11-12-23(30-6)26-16-17)28(27-19)20-9-7-8-10-22(20)29-5/h7-13,16,18H,14-15H2,1-6H3. The molecule has 4 rings (SSSR count). The van der Waals surface area contributed by atoms with Crippen molar-refractivity contribution in [2.24, 2.45) is 0 Å². The van der Waals surface area contributed by atoms with Crippen LogP contribution in [0.4, 0.5) is 0 Å². The molecule has 3 heterocycles. The molecule has 0 aliphatic carbocycles. The number of benzene rings is 1. The molecule has 6 heteroatoms. The highest BCUT2D eigenvalue weighted by atomic mass is 16.5. The first-order valence-electron chi connectivity index (χ1n) is 10.7. The van der Waals surface area contributed by atoms with Crippen molar-refractivity contribution in [3.63, 3.8) is 0 Å². The van der Waals surface area contributed by atoms with E-state index in [1.54, 1.807) is 14.2 Å². The number of rotatable bonds is 5. The number of nitrogens with zero attached hydrogens (tertiary/aromatic N) is 3. The highest BCUT2D eigenvalue weighted by Crippen LogP contribution is 2.44. The van der Waals surface area contributed by atoms with Crippen LogP contribution in [0, 0.1) is 0 Å². The molecule has 0 amide bonds. The molecule has 0 radical (unpaired) electrons. The second kappa shape index (κ2) is 8.00. The Bertz CT molecular complexity index is 1040. The molecule has 0 N–H and O–H groups in total. The summed E-state index contributed by atoms with van der Waals surface area (Å²) in [7, 11) is 3.30. The van der Waals surface area contributed by atoms with E-state index >= 15 is 0 Å². The number of ether oxygens (including phenoxy) is 3. The Morgan fingerprint density at radius 1 is 0.968 bits per heavy atom. The van der Waals surface area contributed by atoms with Crippen molar-refractivity contribution in [3.05, 3.63) is 54.4 Å². The van der Waals surface area contributed by atoms with Gasteiger partial charge < -0.3 is 14.2 Å². The second-order valence-electron chi connectivity index (χ2n) is 9.35. The third-order valence-corrected chi connectivity index (χ3v) is 5.73. The molecule has 1 saturated heterocycles. The molecule has 1 aliphatic heterocycles. The van der Waals surface area contributed by atoms with Crippen LogP contribution in [0.1, 0.15) is 52.1 Å². The summed E-state index contributed by atoms with van der Waals surface area (Å²) in [6.45, 7) is 8.64. The average Bonchev–Trinajstić information content (AvgIpc) is 3.17. The summed E-state index contributed by atoms with van der Waals surface area (Å²) in [5, 5.41) is 5.08. The number of para-hydroxylation sites is 2. The van der Waals surface area contributed by atoms with E-state index in [1.807, 2.05) is 47.3 Å². The molecule has 3 aromatic rings. The van der Waals surface area contributed by atoms with Gasteiger partial charge in [-0.15, -0.1) is 0 Å². The highest BCUT2D eigenvalue weighted by Gasteiger charge is 2.41. The van der Waals surface area contributed by atoms with Crippen LogP contribution in [0.2, 0.25) is 0 Å². The van der Waals surface area contributed by atoms with Crippen LogP contribution >= 0.6 is 0 Å². The smallest absolute Gasteiger partial charge is 0.212 e. The Morgan fingerprint density at radius 2 is 1.68 bits per heavy atom. The van der Waals surface area contributed by atoms with Crippen molar-refractivity contribution in [3.8, 4) is 28.6 Å². The molecule has 0 unspecified atom stereocenters. The summed E-state index contributed by atoms with van der Waals surface area (Å²) >= 11 is 0. The van der Waals surface area contributed by atoms with Gasteiger partial charge in [-0.1, -0.05) is 12.1 Å². The van der Waals surface area contributed by atoms with Gasteiger partial charge in [0.1, 0.15) is 11.4 Å². The molecular weight excluding hydrogens is 390 g/mol. The number of aromatic nitrogens is 3. The van der Waals surface area contributed by atoms with Crippen LogP contribution in [0.15, 0.2) is 48.7 Å². The second-order valence-corrected chi connectivity index (χ2v) is 9.35. The van der Waals surface area contributed by atoms with E-state index < -0.39 is 0 Å². The van der Waals surface area contributed by atoms with Crippen molar-refractivity contribution in [1.29, 1.82) is 0 Å². The summed E-state index contributed by atoms with van der Waals surface area (Å²) < 4.78 is 19.1. The molecule has 1 aromatic carbocycles. The largest absolute Gasteiger partial charge is 0.494 e. The maximum absolute atomic E-state index is 6.30. The fourth-order valence-electron chi connectivity index (χ4n) is 4.74. The van der Waals surface area contributed by atoms with Crippen LogP contribution < -0.4 is 9.47 Å². The molecule has 0 saturated carbocycles. The van der Waals surface area contributed by atoms with Gasteiger partial charge in [0.25, 0.3) is 0 Å². The minimum absolute atomic E-state index is 0.206. The minimum Gasteiger partial charge on any atom is -0.494 e. The van der Waals surface area contributed by atoms with Gasteiger partial charge in [0, 0.05) is 23.7 Å². The number of methoxy groups -OCH3 is 2. The summed E-state index contributed by atoms with van der Waals surface area (Å²) in [5.41, 5.74) is 3.48. The Kier molecular flexibility index (Phi) is 5.52. The number of hydrogen-bond acceptors (Lipinski definition) is 5. The molecule has 6 nitrogen and oxygen atoms in total. The quantitative estimate of drug-likeness (QED) is 0.552. The van der Waals surface area contributed by atoms with Gasteiger partial charge in [-0.25, -0.2) is 9.67 Å².